The lowest BCUT2D eigenvalue weighted by molar-refractivity contribution is 0.191. The Morgan fingerprint density at radius 3 is 2.69 bits per heavy atom. The topological polar surface area (TPSA) is 79.3 Å². The van der Waals surface area contributed by atoms with Crippen LogP contribution in [0.25, 0.3) is 0 Å². The quantitative estimate of drug-likeness (QED) is 0.791. The molecule has 1 aromatic rings. The number of nitrogens with zero attached hydrogens (tertiary/aromatic N) is 1. The van der Waals surface area contributed by atoms with E-state index in [2.05, 4.69) is 9.71 Å². The molecule has 0 aromatic carbocycles. The summed E-state index contributed by atoms with van der Waals surface area (Å²) in [6.07, 6.45) is 3.28. The molecule has 1 rings (SSSR count). The molecule has 1 unspecified atom stereocenters. The van der Waals surface area contributed by atoms with Crippen LogP contribution in [-0.4, -0.2) is 30.7 Å². The largest absolute Gasteiger partial charge is 0.394 e. The van der Waals surface area contributed by atoms with Crippen LogP contribution in [0, 0.1) is 0 Å². The van der Waals surface area contributed by atoms with Gasteiger partial charge in [0, 0.05) is 12.4 Å². The molecule has 0 aliphatic rings. The third-order valence-electron chi connectivity index (χ3n) is 2.45. The SMILES string of the molecule is CCC(C)(CO)NS(=O)(=O)c1cccnc1. The molecule has 6 heteroatoms. The van der Waals surface area contributed by atoms with Gasteiger partial charge in [0.05, 0.1) is 12.1 Å². The Bertz CT molecular complexity index is 427. The molecular formula is C10H16N2O3S. The third-order valence-corrected chi connectivity index (χ3v) is 4.08. The molecule has 0 aliphatic carbocycles. The monoisotopic (exact) mass is 244 g/mol. The van der Waals surface area contributed by atoms with E-state index in [4.69, 9.17) is 5.11 Å². The molecule has 0 bridgehead atoms. The zero-order chi connectivity index (χ0) is 12.2. The lowest BCUT2D eigenvalue weighted by Crippen LogP contribution is -2.48. The van der Waals surface area contributed by atoms with E-state index in [0.29, 0.717) is 6.42 Å². The van der Waals surface area contributed by atoms with Gasteiger partial charge < -0.3 is 5.11 Å². The Hall–Kier alpha value is -0.980. The molecule has 0 aliphatic heterocycles. The van der Waals surface area contributed by atoms with Crippen LogP contribution in [0.5, 0.6) is 0 Å². The van der Waals surface area contributed by atoms with Crippen molar-refractivity contribution in [3.05, 3.63) is 24.5 Å². The summed E-state index contributed by atoms with van der Waals surface area (Å²) in [6.45, 7) is 3.21. The summed E-state index contributed by atoms with van der Waals surface area (Å²) in [7, 11) is -3.61. The molecule has 1 heterocycles. The highest BCUT2D eigenvalue weighted by Crippen LogP contribution is 2.14. The molecule has 0 saturated heterocycles. The minimum absolute atomic E-state index is 0.100. The van der Waals surface area contributed by atoms with Gasteiger partial charge in [-0.15, -0.1) is 0 Å². The van der Waals surface area contributed by atoms with Crippen molar-refractivity contribution in [2.75, 3.05) is 6.61 Å². The molecule has 90 valence electrons. The number of sulfonamides is 1. The second-order valence-electron chi connectivity index (χ2n) is 3.87. The molecule has 0 saturated carbocycles. The number of aromatic nitrogens is 1. The van der Waals surface area contributed by atoms with Crippen LogP contribution in [-0.2, 0) is 10.0 Å². The predicted molar refractivity (Wildman–Crippen MR) is 60.3 cm³/mol. The number of pyridine rings is 1. The van der Waals surface area contributed by atoms with Crippen molar-refractivity contribution in [3.63, 3.8) is 0 Å². The first-order chi connectivity index (χ1) is 7.43. The van der Waals surface area contributed by atoms with Gasteiger partial charge in [-0.25, -0.2) is 13.1 Å². The first-order valence-corrected chi connectivity index (χ1v) is 6.47. The maximum Gasteiger partial charge on any atom is 0.242 e. The fraction of sp³-hybridized carbons (Fsp3) is 0.500. The van der Waals surface area contributed by atoms with Crippen molar-refractivity contribution in [2.45, 2.75) is 30.7 Å². The fourth-order valence-electron chi connectivity index (χ4n) is 1.11. The number of aliphatic hydroxyl groups excluding tert-OH is 1. The van der Waals surface area contributed by atoms with Crippen LogP contribution < -0.4 is 4.72 Å². The van der Waals surface area contributed by atoms with Crippen molar-refractivity contribution in [1.29, 1.82) is 0 Å². The van der Waals surface area contributed by atoms with E-state index >= 15 is 0 Å². The zero-order valence-corrected chi connectivity index (χ0v) is 10.2. The molecule has 16 heavy (non-hydrogen) atoms. The van der Waals surface area contributed by atoms with Gasteiger partial charge in [0.25, 0.3) is 0 Å². The Balaban J connectivity index is 2.97. The maximum atomic E-state index is 11.9. The van der Waals surface area contributed by atoms with Crippen LogP contribution in [0.2, 0.25) is 0 Å². The highest BCUT2D eigenvalue weighted by Gasteiger charge is 2.28. The van der Waals surface area contributed by atoms with Gasteiger partial charge in [-0.05, 0) is 25.5 Å². The van der Waals surface area contributed by atoms with Crippen molar-refractivity contribution >= 4 is 10.0 Å². The van der Waals surface area contributed by atoms with Crippen LogP contribution in [0.1, 0.15) is 20.3 Å². The second kappa shape index (κ2) is 4.90. The Morgan fingerprint density at radius 1 is 1.56 bits per heavy atom. The average molecular weight is 244 g/mol. The molecule has 2 N–H and O–H groups in total. The standard InChI is InChI=1S/C10H16N2O3S/c1-3-10(2,8-13)12-16(14,15)9-5-4-6-11-7-9/h4-7,12-13H,3,8H2,1-2H3. The van der Waals surface area contributed by atoms with Gasteiger partial charge in [-0.1, -0.05) is 6.92 Å². The number of hydrogen-bond donors (Lipinski definition) is 2. The lowest BCUT2D eigenvalue weighted by Gasteiger charge is -2.26. The van der Waals surface area contributed by atoms with Crippen LogP contribution >= 0.6 is 0 Å². The molecule has 0 amide bonds. The normalized spacial score (nSPS) is 15.7. The molecule has 0 spiro atoms. The van der Waals surface area contributed by atoms with Crippen LogP contribution in [0.15, 0.2) is 29.4 Å². The van der Waals surface area contributed by atoms with E-state index in [0.717, 1.165) is 0 Å². The molecular weight excluding hydrogens is 228 g/mol. The summed E-state index contributed by atoms with van der Waals surface area (Å²) in [5, 5.41) is 9.15. The Labute approximate surface area is 95.6 Å². The van der Waals surface area contributed by atoms with Gasteiger partial charge in [0.15, 0.2) is 0 Å². The number of rotatable bonds is 5. The summed E-state index contributed by atoms with van der Waals surface area (Å²) in [5.41, 5.74) is -0.839. The van der Waals surface area contributed by atoms with Gasteiger partial charge in [0.1, 0.15) is 4.90 Å². The predicted octanol–water partition coefficient (Wildman–Crippen LogP) is 0.521. The molecule has 5 nitrogen and oxygen atoms in total. The summed E-state index contributed by atoms with van der Waals surface area (Å²) in [5.74, 6) is 0. The number of aliphatic hydroxyl groups is 1. The van der Waals surface area contributed by atoms with Gasteiger partial charge in [-0.3, -0.25) is 4.98 Å². The Morgan fingerprint density at radius 2 is 2.25 bits per heavy atom. The maximum absolute atomic E-state index is 11.9. The third kappa shape index (κ3) is 3.01. The smallest absolute Gasteiger partial charge is 0.242 e. The van der Waals surface area contributed by atoms with E-state index in [1.54, 1.807) is 13.0 Å². The summed E-state index contributed by atoms with van der Waals surface area (Å²) < 4.78 is 26.3. The molecule has 1 aromatic heterocycles. The minimum Gasteiger partial charge on any atom is -0.394 e. The van der Waals surface area contributed by atoms with Crippen molar-refractivity contribution in [3.8, 4) is 0 Å². The van der Waals surface area contributed by atoms with Crippen molar-refractivity contribution in [1.82, 2.24) is 9.71 Å². The minimum atomic E-state index is -3.61. The summed E-state index contributed by atoms with van der Waals surface area (Å²) in [6, 6.07) is 3.01. The van der Waals surface area contributed by atoms with Crippen LogP contribution in [0.4, 0.5) is 0 Å². The highest BCUT2D eigenvalue weighted by atomic mass is 32.2. The van der Waals surface area contributed by atoms with Crippen molar-refractivity contribution < 1.29 is 13.5 Å². The van der Waals surface area contributed by atoms with E-state index in [1.807, 2.05) is 6.92 Å². The van der Waals surface area contributed by atoms with E-state index in [1.165, 1.54) is 18.5 Å². The second-order valence-corrected chi connectivity index (χ2v) is 5.55. The fourth-order valence-corrected chi connectivity index (χ4v) is 2.54. The van der Waals surface area contributed by atoms with Crippen LogP contribution in [0.3, 0.4) is 0 Å². The number of nitrogens with one attached hydrogen (secondary N) is 1. The van der Waals surface area contributed by atoms with E-state index in [9.17, 15) is 8.42 Å². The number of hydrogen-bond acceptors (Lipinski definition) is 4. The van der Waals surface area contributed by atoms with E-state index < -0.39 is 15.6 Å². The van der Waals surface area contributed by atoms with Gasteiger partial charge >= 0.3 is 0 Å². The first kappa shape index (κ1) is 13.1. The molecule has 0 radical (unpaired) electrons. The molecule has 0 fully saturated rings. The first-order valence-electron chi connectivity index (χ1n) is 4.98. The summed E-state index contributed by atoms with van der Waals surface area (Å²) >= 11 is 0. The summed E-state index contributed by atoms with van der Waals surface area (Å²) in [4.78, 5) is 3.85. The van der Waals surface area contributed by atoms with Gasteiger partial charge in [0.2, 0.25) is 10.0 Å². The Kier molecular flexibility index (Phi) is 4.01. The zero-order valence-electron chi connectivity index (χ0n) is 9.34. The average Bonchev–Trinajstić information content (AvgIpc) is 2.29. The lowest BCUT2D eigenvalue weighted by atomic mass is 10.0. The molecule has 1 atom stereocenters. The van der Waals surface area contributed by atoms with Gasteiger partial charge in [-0.2, -0.15) is 0 Å². The van der Waals surface area contributed by atoms with E-state index in [-0.39, 0.29) is 11.5 Å². The highest BCUT2D eigenvalue weighted by molar-refractivity contribution is 7.89. The van der Waals surface area contributed by atoms with Crippen molar-refractivity contribution in [2.24, 2.45) is 0 Å².